The van der Waals surface area contributed by atoms with Crippen molar-refractivity contribution in [2.75, 3.05) is 0 Å². The Morgan fingerprint density at radius 3 is 1.39 bits per heavy atom. The minimum atomic E-state index is -0.221. The van der Waals surface area contributed by atoms with E-state index in [0.29, 0.717) is 21.5 Å². The van der Waals surface area contributed by atoms with Crippen molar-refractivity contribution in [1.29, 1.82) is 0 Å². The van der Waals surface area contributed by atoms with Gasteiger partial charge >= 0.3 is 0 Å². The van der Waals surface area contributed by atoms with Gasteiger partial charge in [0, 0.05) is 0 Å². The molecule has 0 unspecified atom stereocenters. The number of benzene rings is 3. The first-order valence-electron chi connectivity index (χ1n) is 5.28. The van der Waals surface area contributed by atoms with E-state index in [2.05, 4.69) is 6.07 Å². The lowest BCUT2D eigenvalue weighted by Gasteiger charge is -2.05. The normalized spacial score (nSPS) is 11.1. The van der Waals surface area contributed by atoms with E-state index in [1.54, 1.807) is 6.07 Å². The molecule has 0 spiro atoms. The number of fused-ring (bicyclic) bond motifs is 2. The van der Waals surface area contributed by atoms with Crippen LogP contribution >= 0.6 is 0 Å². The van der Waals surface area contributed by atoms with Gasteiger partial charge in [0.25, 0.3) is 0 Å². The molecule has 4 nitrogen and oxygen atoms in total. The first-order valence-corrected chi connectivity index (χ1v) is 5.28. The maximum absolute atomic E-state index is 9.43. The molecule has 3 aromatic rings. The average molecular weight is 241 g/mol. The minimum absolute atomic E-state index is 0.210. The van der Waals surface area contributed by atoms with Crippen molar-refractivity contribution >= 4 is 21.5 Å². The van der Waals surface area contributed by atoms with Crippen molar-refractivity contribution in [1.82, 2.24) is 0 Å². The summed E-state index contributed by atoms with van der Waals surface area (Å²) in [4.78, 5) is 0. The zero-order valence-electron chi connectivity index (χ0n) is 9.18. The van der Waals surface area contributed by atoms with Gasteiger partial charge in [0.05, 0.1) is 0 Å². The third kappa shape index (κ3) is 1.47. The topological polar surface area (TPSA) is 80.9 Å². The summed E-state index contributed by atoms with van der Waals surface area (Å²) in [5.41, 5.74) is 0. The second-order valence-electron chi connectivity index (χ2n) is 4.13. The molecule has 0 fully saturated rings. The van der Waals surface area contributed by atoms with Gasteiger partial charge in [-0.1, -0.05) is 0 Å². The largest absolute Gasteiger partial charge is 0.504 e. The Balaban J connectivity index is 2.43. The molecule has 18 heavy (non-hydrogen) atoms. The Morgan fingerprint density at radius 2 is 0.944 bits per heavy atom. The highest BCUT2D eigenvalue weighted by Gasteiger charge is 2.07. The summed E-state index contributed by atoms with van der Waals surface area (Å²) in [7, 11) is 0. The summed E-state index contributed by atoms with van der Waals surface area (Å²) >= 11 is 0. The van der Waals surface area contributed by atoms with Gasteiger partial charge in [-0.3, -0.25) is 0 Å². The molecule has 0 aliphatic carbocycles. The number of aromatic hydroxyl groups is 4. The van der Waals surface area contributed by atoms with E-state index in [1.807, 2.05) is 0 Å². The fourth-order valence-electron chi connectivity index (χ4n) is 1.95. The Bertz CT molecular complexity index is 649. The van der Waals surface area contributed by atoms with Gasteiger partial charge in [-0.05, 0) is 57.9 Å². The quantitative estimate of drug-likeness (QED) is 0.360. The van der Waals surface area contributed by atoms with Crippen molar-refractivity contribution in [2.24, 2.45) is 0 Å². The number of hydrogen-bond acceptors (Lipinski definition) is 4. The van der Waals surface area contributed by atoms with Gasteiger partial charge < -0.3 is 20.4 Å². The number of phenols is 4. The van der Waals surface area contributed by atoms with E-state index in [0.717, 1.165) is 0 Å². The van der Waals surface area contributed by atoms with Crippen LogP contribution < -0.4 is 0 Å². The van der Waals surface area contributed by atoms with Crippen LogP contribution in [0.1, 0.15) is 0 Å². The van der Waals surface area contributed by atoms with Gasteiger partial charge in [-0.25, -0.2) is 0 Å². The molecular formula is C14H9O4. The monoisotopic (exact) mass is 241 g/mol. The molecular weight excluding hydrogens is 232 g/mol. The lowest BCUT2D eigenvalue weighted by atomic mass is 10.0. The molecule has 0 aliphatic rings. The molecule has 0 bridgehead atoms. The molecule has 0 saturated heterocycles. The standard InChI is InChI=1S/C14H9O4/c15-11-3-7-1-8-4-12(16)14(18)6-10(8)2-9(7)5-13(11)17/h1,3-6,15-18H. The van der Waals surface area contributed by atoms with E-state index in [-0.39, 0.29) is 23.0 Å². The van der Waals surface area contributed by atoms with Gasteiger partial charge in [-0.2, -0.15) is 0 Å². The molecule has 0 aliphatic heterocycles. The lowest BCUT2D eigenvalue weighted by molar-refractivity contribution is 0.404. The van der Waals surface area contributed by atoms with Crippen LogP contribution in [0.4, 0.5) is 0 Å². The Morgan fingerprint density at radius 1 is 0.556 bits per heavy atom. The smallest absolute Gasteiger partial charge is 0.158 e. The zero-order valence-corrected chi connectivity index (χ0v) is 9.18. The molecule has 0 amide bonds. The highest BCUT2D eigenvalue weighted by Crippen LogP contribution is 2.35. The van der Waals surface area contributed by atoms with Crippen molar-refractivity contribution in [2.45, 2.75) is 0 Å². The van der Waals surface area contributed by atoms with Crippen LogP contribution in [0.5, 0.6) is 23.0 Å². The SMILES string of the molecule is Oc1cc2[c]c3cc(O)c(O)cc3cc2cc1O. The number of phenolic OH excluding ortho intramolecular Hbond substituents is 4. The Hall–Kier alpha value is -2.62. The van der Waals surface area contributed by atoms with Crippen LogP contribution in [0.25, 0.3) is 21.5 Å². The second-order valence-corrected chi connectivity index (χ2v) is 4.13. The van der Waals surface area contributed by atoms with E-state index < -0.39 is 0 Å². The highest BCUT2D eigenvalue weighted by atomic mass is 16.3. The van der Waals surface area contributed by atoms with Crippen molar-refractivity contribution in [3.63, 3.8) is 0 Å². The van der Waals surface area contributed by atoms with Gasteiger partial charge in [0.2, 0.25) is 0 Å². The van der Waals surface area contributed by atoms with Crippen LogP contribution in [0.2, 0.25) is 0 Å². The van der Waals surface area contributed by atoms with Gasteiger partial charge in [0.1, 0.15) is 0 Å². The first-order chi connectivity index (χ1) is 8.54. The van der Waals surface area contributed by atoms with Gasteiger partial charge in [-0.15, -0.1) is 0 Å². The highest BCUT2D eigenvalue weighted by molar-refractivity contribution is 5.99. The molecule has 3 rings (SSSR count). The molecule has 0 aromatic heterocycles. The summed E-state index contributed by atoms with van der Waals surface area (Å²) in [6.07, 6.45) is 0. The number of hydrogen-bond donors (Lipinski definition) is 4. The van der Waals surface area contributed by atoms with E-state index in [9.17, 15) is 20.4 Å². The summed E-state index contributed by atoms with van der Waals surface area (Å²) in [6.45, 7) is 0. The van der Waals surface area contributed by atoms with E-state index in [4.69, 9.17) is 0 Å². The zero-order chi connectivity index (χ0) is 12.9. The summed E-state index contributed by atoms with van der Waals surface area (Å²) in [5.74, 6) is -0.862. The predicted octanol–water partition coefficient (Wildman–Crippen LogP) is 2.62. The Labute approximate surface area is 102 Å². The molecule has 0 atom stereocenters. The fourth-order valence-corrected chi connectivity index (χ4v) is 1.95. The van der Waals surface area contributed by atoms with Crippen molar-refractivity contribution in [3.8, 4) is 23.0 Å². The van der Waals surface area contributed by atoms with Crippen LogP contribution in [-0.2, 0) is 0 Å². The van der Waals surface area contributed by atoms with Gasteiger partial charge in [0.15, 0.2) is 23.0 Å². The molecule has 89 valence electrons. The van der Waals surface area contributed by atoms with Crippen molar-refractivity contribution < 1.29 is 20.4 Å². The van der Waals surface area contributed by atoms with Crippen LogP contribution in [0.15, 0.2) is 30.3 Å². The van der Waals surface area contributed by atoms with E-state index >= 15 is 0 Å². The molecule has 3 aromatic carbocycles. The molecule has 0 heterocycles. The fraction of sp³-hybridized carbons (Fsp3) is 0. The maximum Gasteiger partial charge on any atom is 0.158 e. The molecule has 0 saturated carbocycles. The van der Waals surface area contributed by atoms with Crippen molar-refractivity contribution in [3.05, 3.63) is 36.4 Å². The predicted molar refractivity (Wildman–Crippen MR) is 66.9 cm³/mol. The van der Waals surface area contributed by atoms with Crippen LogP contribution in [0, 0.1) is 6.07 Å². The summed E-state index contributed by atoms with van der Waals surface area (Å²) in [6, 6.07) is 10.4. The van der Waals surface area contributed by atoms with Crippen LogP contribution in [-0.4, -0.2) is 20.4 Å². The minimum Gasteiger partial charge on any atom is -0.504 e. The second kappa shape index (κ2) is 3.43. The maximum atomic E-state index is 9.43. The first kappa shape index (κ1) is 10.5. The molecule has 4 heteroatoms. The third-order valence-corrected chi connectivity index (χ3v) is 2.87. The third-order valence-electron chi connectivity index (χ3n) is 2.87. The molecule has 1 radical (unpaired) electrons. The summed E-state index contributed by atoms with van der Waals surface area (Å²) in [5, 5.41) is 40.3. The Kier molecular flexibility index (Phi) is 2.01. The lowest BCUT2D eigenvalue weighted by Crippen LogP contribution is -1.79. The number of rotatable bonds is 0. The molecule has 4 N–H and O–H groups in total. The van der Waals surface area contributed by atoms with E-state index in [1.165, 1.54) is 24.3 Å². The summed E-state index contributed by atoms with van der Waals surface area (Å²) < 4.78 is 0. The van der Waals surface area contributed by atoms with Crippen LogP contribution in [0.3, 0.4) is 0 Å². The average Bonchev–Trinajstić information content (AvgIpc) is 2.31.